The van der Waals surface area contributed by atoms with E-state index < -0.39 is 15.9 Å². The predicted molar refractivity (Wildman–Crippen MR) is 108 cm³/mol. The molecule has 1 aromatic carbocycles. The number of carbonyl (C=O) groups is 1. The minimum absolute atomic E-state index is 0.0306. The van der Waals surface area contributed by atoms with Gasteiger partial charge < -0.3 is 9.64 Å². The molecule has 4 aliphatic carbocycles. The molecule has 1 aromatic rings. The van der Waals surface area contributed by atoms with Gasteiger partial charge in [0.05, 0.1) is 24.3 Å². The molecule has 0 saturated heterocycles. The Labute approximate surface area is 166 Å². The van der Waals surface area contributed by atoms with Gasteiger partial charge in [-0.15, -0.1) is 0 Å². The summed E-state index contributed by atoms with van der Waals surface area (Å²) >= 11 is 0. The smallest absolute Gasteiger partial charge is 0.233 e. The molecule has 5 nitrogen and oxygen atoms in total. The maximum Gasteiger partial charge on any atom is 0.233 e. The van der Waals surface area contributed by atoms with E-state index in [0.717, 1.165) is 30.7 Å². The molecule has 1 unspecified atom stereocenters. The largest absolute Gasteiger partial charge is 0.497 e. The first kappa shape index (κ1) is 18.2. The fourth-order valence-electron chi connectivity index (χ4n) is 6.55. The van der Waals surface area contributed by atoms with Crippen molar-refractivity contribution in [1.29, 1.82) is 0 Å². The number of carbonyl (C=O) groups excluding carboxylic acids is 1. The summed E-state index contributed by atoms with van der Waals surface area (Å²) in [6.07, 6.45) is 8.39. The van der Waals surface area contributed by atoms with Crippen molar-refractivity contribution in [3.8, 4) is 5.75 Å². The monoisotopic (exact) mass is 401 g/mol. The molecule has 6 heteroatoms. The number of hydrogen-bond acceptors (Lipinski definition) is 4. The first-order valence-electron chi connectivity index (χ1n) is 10.3. The van der Waals surface area contributed by atoms with Gasteiger partial charge in [-0.05, 0) is 86.6 Å². The quantitative estimate of drug-likeness (QED) is 0.774. The first-order valence-corrected chi connectivity index (χ1v) is 12.0. The van der Waals surface area contributed by atoms with E-state index in [4.69, 9.17) is 4.74 Å². The second kappa shape index (κ2) is 6.34. The zero-order valence-electron chi connectivity index (χ0n) is 16.2. The molecule has 5 aliphatic rings. The summed E-state index contributed by atoms with van der Waals surface area (Å²) in [6.45, 7) is 0. The fourth-order valence-corrected chi connectivity index (χ4v) is 7.82. The lowest BCUT2D eigenvalue weighted by Gasteiger charge is -2.57. The van der Waals surface area contributed by atoms with Crippen LogP contribution in [0.3, 0.4) is 0 Å². The third-order valence-electron chi connectivity index (χ3n) is 7.30. The molecule has 0 aromatic heterocycles. The van der Waals surface area contributed by atoms with Gasteiger partial charge in [-0.25, -0.2) is 8.42 Å². The van der Waals surface area contributed by atoms with Crippen LogP contribution in [-0.4, -0.2) is 33.2 Å². The first-order chi connectivity index (χ1) is 13.4. The SMILES string of the molecule is COc1ccc(N(C(=O)C23CC4CC(CC(C4)C2)C3)C2C=CS(=O)(=O)C2)cc1. The fraction of sp³-hybridized carbons (Fsp3) is 0.591. The lowest BCUT2D eigenvalue weighted by molar-refractivity contribution is -0.143. The molecule has 0 N–H and O–H groups in total. The summed E-state index contributed by atoms with van der Waals surface area (Å²) < 4.78 is 29.5. The Kier molecular flexibility index (Phi) is 4.13. The maximum atomic E-state index is 14.0. The Balaban J connectivity index is 1.52. The van der Waals surface area contributed by atoms with Crippen LogP contribution in [0, 0.1) is 23.2 Å². The number of rotatable bonds is 4. The summed E-state index contributed by atoms with van der Waals surface area (Å²) in [7, 11) is -1.64. The Morgan fingerprint density at radius 3 is 2.07 bits per heavy atom. The summed E-state index contributed by atoms with van der Waals surface area (Å²) in [5, 5.41) is 1.27. The van der Waals surface area contributed by atoms with Crippen molar-refractivity contribution in [2.24, 2.45) is 23.2 Å². The Morgan fingerprint density at radius 1 is 1.04 bits per heavy atom. The highest BCUT2D eigenvalue weighted by Gasteiger charge is 2.56. The van der Waals surface area contributed by atoms with Gasteiger partial charge in [0.1, 0.15) is 5.75 Å². The Morgan fingerprint density at radius 2 is 1.61 bits per heavy atom. The van der Waals surface area contributed by atoms with Crippen LogP contribution in [0.2, 0.25) is 0 Å². The van der Waals surface area contributed by atoms with E-state index in [0.29, 0.717) is 17.8 Å². The molecular formula is C22H27NO4S. The zero-order chi connectivity index (χ0) is 19.5. The van der Waals surface area contributed by atoms with Crippen LogP contribution in [0.25, 0.3) is 0 Å². The Hall–Kier alpha value is -1.82. The number of anilines is 1. The number of sulfone groups is 1. The van der Waals surface area contributed by atoms with Crippen molar-refractivity contribution in [1.82, 2.24) is 0 Å². The van der Waals surface area contributed by atoms with Gasteiger partial charge >= 0.3 is 0 Å². The van der Waals surface area contributed by atoms with Crippen molar-refractivity contribution in [2.75, 3.05) is 17.8 Å². The van der Waals surface area contributed by atoms with Crippen molar-refractivity contribution < 1.29 is 17.9 Å². The second-order valence-electron chi connectivity index (χ2n) is 9.30. The number of hydrogen-bond donors (Lipinski definition) is 0. The van der Waals surface area contributed by atoms with E-state index in [1.165, 1.54) is 24.7 Å². The lowest BCUT2D eigenvalue weighted by Crippen LogP contribution is -2.57. The van der Waals surface area contributed by atoms with Gasteiger partial charge in [0, 0.05) is 11.1 Å². The van der Waals surface area contributed by atoms with Crippen molar-refractivity contribution >= 4 is 21.4 Å². The van der Waals surface area contributed by atoms with Crippen LogP contribution in [0.15, 0.2) is 35.7 Å². The molecule has 6 rings (SSSR count). The minimum atomic E-state index is -3.25. The van der Waals surface area contributed by atoms with Crippen molar-refractivity contribution in [3.05, 3.63) is 35.7 Å². The van der Waals surface area contributed by atoms with Crippen LogP contribution in [0.4, 0.5) is 5.69 Å². The molecule has 28 heavy (non-hydrogen) atoms. The molecule has 1 amide bonds. The van der Waals surface area contributed by atoms with Crippen LogP contribution < -0.4 is 9.64 Å². The predicted octanol–water partition coefficient (Wildman–Crippen LogP) is 3.56. The van der Waals surface area contributed by atoms with Gasteiger partial charge in [0.15, 0.2) is 9.84 Å². The number of nitrogens with zero attached hydrogens (tertiary/aromatic N) is 1. The number of amides is 1. The highest BCUT2D eigenvalue weighted by atomic mass is 32.2. The number of benzene rings is 1. The summed E-state index contributed by atoms with van der Waals surface area (Å²) in [6, 6.07) is 6.98. The summed E-state index contributed by atoms with van der Waals surface area (Å²) in [5.41, 5.74) is 0.447. The van der Waals surface area contributed by atoms with Gasteiger partial charge in [0.2, 0.25) is 5.91 Å². The molecule has 150 valence electrons. The summed E-state index contributed by atoms with van der Waals surface area (Å²) in [5.74, 6) is 2.81. The topological polar surface area (TPSA) is 63.7 Å². The van der Waals surface area contributed by atoms with Gasteiger partial charge in [0.25, 0.3) is 0 Å². The highest BCUT2D eigenvalue weighted by molar-refractivity contribution is 7.94. The van der Waals surface area contributed by atoms with Crippen LogP contribution in [0.5, 0.6) is 5.75 Å². The standard InChI is InChI=1S/C22H27NO4S/c1-27-20-4-2-18(3-5-20)23(19-6-7-28(25,26)14-19)21(24)22-11-15-8-16(12-22)10-17(9-15)13-22/h2-7,15-17,19H,8-14H2,1H3. The van der Waals surface area contributed by atoms with E-state index in [9.17, 15) is 13.2 Å². The molecule has 4 bridgehead atoms. The molecule has 1 heterocycles. The summed E-state index contributed by atoms with van der Waals surface area (Å²) in [4.78, 5) is 15.8. The molecule has 1 aliphatic heterocycles. The van der Waals surface area contributed by atoms with E-state index >= 15 is 0 Å². The second-order valence-corrected chi connectivity index (χ2v) is 11.2. The van der Waals surface area contributed by atoms with Gasteiger partial charge in [-0.2, -0.15) is 0 Å². The number of methoxy groups -OCH3 is 1. The molecule has 0 spiro atoms. The molecule has 1 atom stereocenters. The minimum Gasteiger partial charge on any atom is -0.497 e. The third-order valence-corrected chi connectivity index (χ3v) is 8.68. The lowest BCUT2D eigenvalue weighted by atomic mass is 9.49. The normalized spacial score (nSPS) is 37.2. The van der Waals surface area contributed by atoms with Crippen LogP contribution in [0.1, 0.15) is 38.5 Å². The van der Waals surface area contributed by atoms with Crippen LogP contribution in [-0.2, 0) is 14.6 Å². The zero-order valence-corrected chi connectivity index (χ0v) is 17.0. The highest BCUT2D eigenvalue weighted by Crippen LogP contribution is 2.60. The van der Waals surface area contributed by atoms with E-state index in [1.54, 1.807) is 18.1 Å². The van der Waals surface area contributed by atoms with E-state index in [-0.39, 0.29) is 17.1 Å². The van der Waals surface area contributed by atoms with Crippen molar-refractivity contribution in [2.45, 2.75) is 44.6 Å². The molecule has 0 radical (unpaired) electrons. The van der Waals surface area contributed by atoms with Gasteiger partial charge in [-0.3, -0.25) is 4.79 Å². The third kappa shape index (κ3) is 2.97. The van der Waals surface area contributed by atoms with E-state index in [1.807, 2.05) is 24.3 Å². The van der Waals surface area contributed by atoms with Crippen LogP contribution >= 0.6 is 0 Å². The molecule has 4 fully saturated rings. The number of ether oxygens (including phenoxy) is 1. The average molecular weight is 402 g/mol. The van der Waals surface area contributed by atoms with Crippen molar-refractivity contribution in [3.63, 3.8) is 0 Å². The van der Waals surface area contributed by atoms with Gasteiger partial charge in [-0.1, -0.05) is 0 Å². The Bertz CT molecular complexity index is 883. The molecule has 4 saturated carbocycles. The molecular weight excluding hydrogens is 374 g/mol. The average Bonchev–Trinajstić information content (AvgIpc) is 3.01. The van der Waals surface area contributed by atoms with E-state index in [2.05, 4.69) is 0 Å². The maximum absolute atomic E-state index is 14.0.